The number of aromatic hydroxyl groups is 1. The molecule has 116 valence electrons. The summed E-state index contributed by atoms with van der Waals surface area (Å²) in [6.07, 6.45) is 0. The molecule has 1 amide bonds. The molecule has 0 radical (unpaired) electrons. The van der Waals surface area contributed by atoms with Gasteiger partial charge in [-0.05, 0) is 31.3 Å². The maximum absolute atomic E-state index is 11.9. The van der Waals surface area contributed by atoms with E-state index in [4.69, 9.17) is 4.74 Å². The third-order valence-electron chi connectivity index (χ3n) is 3.07. The number of anilines is 1. The zero-order chi connectivity index (χ0) is 15.8. The Labute approximate surface area is 124 Å². The van der Waals surface area contributed by atoms with Crippen LogP contribution >= 0.6 is 0 Å². The van der Waals surface area contributed by atoms with Crippen molar-refractivity contribution in [1.29, 1.82) is 0 Å². The first-order valence-electron chi connectivity index (χ1n) is 6.98. The lowest BCUT2D eigenvalue weighted by Crippen LogP contribution is -2.27. The molecule has 0 fully saturated rings. The smallest absolute Gasteiger partial charge is 0.342 e. The van der Waals surface area contributed by atoms with Crippen molar-refractivity contribution in [3.8, 4) is 5.75 Å². The minimum atomic E-state index is -0.605. The maximum atomic E-state index is 11.9. The summed E-state index contributed by atoms with van der Waals surface area (Å²) >= 11 is 0. The molecule has 6 nitrogen and oxygen atoms in total. The first-order valence-corrected chi connectivity index (χ1v) is 6.98. The van der Waals surface area contributed by atoms with Crippen molar-refractivity contribution in [3.63, 3.8) is 0 Å². The second-order valence-electron chi connectivity index (χ2n) is 4.58. The number of likely N-dealkylation sites (N-methyl/N-ethyl adjacent to an activating group) is 1. The van der Waals surface area contributed by atoms with Crippen molar-refractivity contribution in [2.75, 3.05) is 31.6 Å². The topological polar surface area (TPSA) is 78.9 Å². The maximum Gasteiger partial charge on any atom is 0.342 e. The van der Waals surface area contributed by atoms with Crippen LogP contribution in [0.2, 0.25) is 0 Å². The molecule has 0 bridgehead atoms. The molecule has 0 saturated heterocycles. The highest BCUT2D eigenvalue weighted by Gasteiger charge is 2.14. The molecule has 0 heterocycles. The Hall–Kier alpha value is -2.08. The van der Waals surface area contributed by atoms with Gasteiger partial charge in [-0.2, -0.15) is 0 Å². The molecular formula is C15H22N2O4. The van der Waals surface area contributed by atoms with Gasteiger partial charge in [-0.15, -0.1) is 0 Å². The Bertz CT molecular complexity index is 498. The summed E-state index contributed by atoms with van der Waals surface area (Å²) in [7, 11) is 0. The van der Waals surface area contributed by atoms with Gasteiger partial charge >= 0.3 is 5.97 Å². The molecule has 6 heteroatoms. The van der Waals surface area contributed by atoms with E-state index in [-0.39, 0.29) is 23.8 Å². The summed E-state index contributed by atoms with van der Waals surface area (Å²) in [6, 6.07) is 4.27. The average molecular weight is 294 g/mol. The SMILES string of the molecule is CCN(CC)CCOC(=O)c1cc(NC(C)=O)ccc1O. The van der Waals surface area contributed by atoms with Crippen LogP contribution in [0.1, 0.15) is 31.1 Å². The molecule has 0 atom stereocenters. The highest BCUT2D eigenvalue weighted by Crippen LogP contribution is 2.22. The number of benzene rings is 1. The number of phenols is 1. The van der Waals surface area contributed by atoms with Crippen LogP contribution in [0.5, 0.6) is 5.75 Å². The van der Waals surface area contributed by atoms with Gasteiger partial charge in [-0.25, -0.2) is 4.79 Å². The van der Waals surface area contributed by atoms with E-state index in [0.717, 1.165) is 13.1 Å². The Morgan fingerprint density at radius 3 is 2.52 bits per heavy atom. The van der Waals surface area contributed by atoms with Crippen molar-refractivity contribution in [2.24, 2.45) is 0 Å². The normalized spacial score (nSPS) is 10.5. The zero-order valence-electron chi connectivity index (χ0n) is 12.7. The lowest BCUT2D eigenvalue weighted by atomic mass is 10.2. The number of rotatable bonds is 7. The molecule has 0 unspecified atom stereocenters. The number of phenolic OH excluding ortho intramolecular Hbond substituents is 1. The van der Waals surface area contributed by atoms with E-state index in [1.807, 2.05) is 13.8 Å². The van der Waals surface area contributed by atoms with Crippen LogP contribution < -0.4 is 5.32 Å². The number of esters is 1. The summed E-state index contributed by atoms with van der Waals surface area (Å²) in [5.41, 5.74) is 0.483. The van der Waals surface area contributed by atoms with Crippen LogP contribution in [0.3, 0.4) is 0 Å². The van der Waals surface area contributed by atoms with Gasteiger partial charge in [0.05, 0.1) is 0 Å². The number of hydrogen-bond acceptors (Lipinski definition) is 5. The Kier molecular flexibility index (Phi) is 6.68. The van der Waals surface area contributed by atoms with Gasteiger partial charge in [0, 0.05) is 19.2 Å². The molecule has 0 aliphatic heterocycles. The highest BCUT2D eigenvalue weighted by atomic mass is 16.5. The summed E-state index contributed by atoms with van der Waals surface area (Å²) in [4.78, 5) is 25.1. The van der Waals surface area contributed by atoms with Gasteiger partial charge in [0.2, 0.25) is 5.91 Å². The lowest BCUT2D eigenvalue weighted by Gasteiger charge is -2.17. The molecule has 21 heavy (non-hydrogen) atoms. The van der Waals surface area contributed by atoms with Crippen molar-refractivity contribution in [3.05, 3.63) is 23.8 Å². The number of ether oxygens (including phenoxy) is 1. The molecule has 0 spiro atoms. The third kappa shape index (κ3) is 5.43. The van der Waals surface area contributed by atoms with Gasteiger partial charge in [-0.1, -0.05) is 13.8 Å². The molecule has 1 aromatic rings. The van der Waals surface area contributed by atoms with E-state index < -0.39 is 5.97 Å². The van der Waals surface area contributed by atoms with E-state index >= 15 is 0 Å². The van der Waals surface area contributed by atoms with Crippen LogP contribution in [0, 0.1) is 0 Å². The summed E-state index contributed by atoms with van der Waals surface area (Å²) in [6.45, 7) is 8.11. The number of hydrogen-bond donors (Lipinski definition) is 2. The standard InChI is InChI=1S/C15H22N2O4/c1-4-17(5-2)8-9-21-15(20)13-10-12(16-11(3)18)6-7-14(13)19/h6-7,10,19H,4-5,8-9H2,1-3H3,(H,16,18). The fraction of sp³-hybridized carbons (Fsp3) is 0.467. The molecule has 1 rings (SSSR count). The van der Waals surface area contributed by atoms with Crippen molar-refractivity contribution >= 4 is 17.6 Å². The van der Waals surface area contributed by atoms with E-state index in [9.17, 15) is 14.7 Å². The Morgan fingerprint density at radius 2 is 1.95 bits per heavy atom. The lowest BCUT2D eigenvalue weighted by molar-refractivity contribution is -0.114. The van der Waals surface area contributed by atoms with Crippen LogP contribution in [-0.2, 0) is 9.53 Å². The Balaban J connectivity index is 2.66. The summed E-state index contributed by atoms with van der Waals surface area (Å²) in [5.74, 6) is -1.02. The number of nitrogens with one attached hydrogen (secondary N) is 1. The minimum Gasteiger partial charge on any atom is -0.507 e. The highest BCUT2D eigenvalue weighted by molar-refractivity contribution is 5.95. The quantitative estimate of drug-likeness (QED) is 0.592. The van der Waals surface area contributed by atoms with Crippen LogP contribution in [0.15, 0.2) is 18.2 Å². The molecular weight excluding hydrogens is 272 g/mol. The number of carbonyl (C=O) groups excluding carboxylic acids is 2. The van der Waals surface area contributed by atoms with Crippen molar-refractivity contribution in [1.82, 2.24) is 4.90 Å². The monoisotopic (exact) mass is 294 g/mol. The van der Waals surface area contributed by atoms with Gasteiger partial charge < -0.3 is 20.1 Å². The molecule has 0 aliphatic carbocycles. The van der Waals surface area contributed by atoms with Gasteiger partial charge in [-0.3, -0.25) is 4.79 Å². The van der Waals surface area contributed by atoms with E-state index in [0.29, 0.717) is 12.2 Å². The largest absolute Gasteiger partial charge is 0.507 e. The molecule has 1 aromatic carbocycles. The van der Waals surface area contributed by atoms with E-state index in [2.05, 4.69) is 10.2 Å². The number of nitrogens with zero attached hydrogens (tertiary/aromatic N) is 1. The molecule has 0 saturated carbocycles. The van der Waals surface area contributed by atoms with E-state index in [1.54, 1.807) is 0 Å². The molecule has 2 N–H and O–H groups in total. The van der Waals surface area contributed by atoms with Gasteiger partial charge in [0.15, 0.2) is 0 Å². The third-order valence-corrected chi connectivity index (χ3v) is 3.07. The first kappa shape index (κ1) is 17.0. The average Bonchev–Trinajstić information content (AvgIpc) is 2.45. The Morgan fingerprint density at radius 1 is 1.29 bits per heavy atom. The second-order valence-corrected chi connectivity index (χ2v) is 4.58. The van der Waals surface area contributed by atoms with Crippen LogP contribution in [-0.4, -0.2) is 48.1 Å². The predicted molar refractivity (Wildman–Crippen MR) is 80.5 cm³/mol. The fourth-order valence-electron chi connectivity index (χ4n) is 1.87. The molecule has 0 aliphatic rings. The van der Waals surface area contributed by atoms with Gasteiger partial charge in [0.1, 0.15) is 17.9 Å². The van der Waals surface area contributed by atoms with Crippen LogP contribution in [0.4, 0.5) is 5.69 Å². The van der Waals surface area contributed by atoms with Crippen molar-refractivity contribution < 1.29 is 19.4 Å². The predicted octanol–water partition coefficient (Wildman–Crippen LogP) is 1.85. The fourth-order valence-corrected chi connectivity index (χ4v) is 1.87. The number of carbonyl (C=O) groups is 2. The number of amides is 1. The summed E-state index contributed by atoms with van der Waals surface area (Å²) in [5, 5.41) is 12.3. The van der Waals surface area contributed by atoms with E-state index in [1.165, 1.54) is 25.1 Å². The summed E-state index contributed by atoms with van der Waals surface area (Å²) < 4.78 is 5.15. The van der Waals surface area contributed by atoms with Crippen LogP contribution in [0.25, 0.3) is 0 Å². The van der Waals surface area contributed by atoms with Crippen molar-refractivity contribution in [2.45, 2.75) is 20.8 Å². The first-order chi connectivity index (χ1) is 9.97. The minimum absolute atomic E-state index is 0.0424. The molecule has 0 aromatic heterocycles. The second kappa shape index (κ2) is 8.26. The van der Waals surface area contributed by atoms with Gasteiger partial charge in [0.25, 0.3) is 0 Å². The zero-order valence-corrected chi connectivity index (χ0v) is 12.7.